The number of rotatable bonds is 5. The van der Waals surface area contributed by atoms with Gasteiger partial charge in [0.25, 0.3) is 5.91 Å². The van der Waals surface area contributed by atoms with Gasteiger partial charge in [-0.1, -0.05) is 38.1 Å². The number of carboxylic acids is 1. The fourth-order valence-corrected chi connectivity index (χ4v) is 5.64. The van der Waals surface area contributed by atoms with Gasteiger partial charge in [0.2, 0.25) is 0 Å². The lowest BCUT2D eigenvalue weighted by Gasteiger charge is -2.58. The van der Waals surface area contributed by atoms with Crippen LogP contribution in [-0.2, 0) is 22.4 Å². The summed E-state index contributed by atoms with van der Waals surface area (Å²) in [6.07, 6.45) is 1.96. The number of aliphatic carboxylic acids is 1. The molecule has 1 aromatic carbocycles. The van der Waals surface area contributed by atoms with E-state index in [1.54, 1.807) is 0 Å². The first-order valence-electron chi connectivity index (χ1n) is 9.68. The Hall–Kier alpha value is -2.18. The molecule has 28 heavy (non-hydrogen) atoms. The molecule has 1 heterocycles. The van der Waals surface area contributed by atoms with E-state index in [1.807, 2.05) is 39.0 Å². The van der Waals surface area contributed by atoms with Crippen LogP contribution in [0.15, 0.2) is 30.3 Å². The van der Waals surface area contributed by atoms with Crippen molar-refractivity contribution in [2.75, 3.05) is 6.61 Å². The number of amides is 1. The van der Waals surface area contributed by atoms with Gasteiger partial charge >= 0.3 is 5.97 Å². The summed E-state index contributed by atoms with van der Waals surface area (Å²) in [6.45, 7) is 6.11. The van der Waals surface area contributed by atoms with Gasteiger partial charge < -0.3 is 15.2 Å². The lowest BCUT2D eigenvalue weighted by Crippen LogP contribution is -2.76. The summed E-state index contributed by atoms with van der Waals surface area (Å²) in [5.41, 5.74) is 1.64. The van der Waals surface area contributed by atoms with Crippen LogP contribution in [-0.4, -0.2) is 35.2 Å². The molecule has 2 atom stereocenters. The number of carbonyl (C=O) groups is 2. The fraction of sp³-hybridized carbons (Fsp3) is 0.455. The third-order valence-electron chi connectivity index (χ3n) is 6.41. The molecule has 4 rings (SSSR count). The second-order valence-electron chi connectivity index (χ2n) is 8.16. The molecule has 2 aliphatic rings. The number of aryl methyl sites for hydroxylation is 2. The lowest BCUT2D eigenvalue weighted by molar-refractivity contribution is -0.190. The predicted molar refractivity (Wildman–Crippen MR) is 109 cm³/mol. The number of carboxylic acid groups (broad SMARTS) is 1. The summed E-state index contributed by atoms with van der Waals surface area (Å²) in [7, 11) is 0. The Kier molecular flexibility index (Phi) is 4.59. The number of carbonyl (C=O) groups excluding carboxylic acids is 1. The number of fused-ring (bicyclic) bond motifs is 3. The molecule has 2 aromatic rings. The number of hydrogen-bond acceptors (Lipinski definition) is 4. The van der Waals surface area contributed by atoms with Crippen molar-refractivity contribution >= 4 is 23.2 Å². The van der Waals surface area contributed by atoms with Crippen molar-refractivity contribution in [3.63, 3.8) is 0 Å². The van der Waals surface area contributed by atoms with Gasteiger partial charge in [-0.15, -0.1) is 11.3 Å². The Morgan fingerprint density at radius 2 is 1.96 bits per heavy atom. The molecule has 2 unspecified atom stereocenters. The molecular weight excluding hydrogens is 374 g/mol. The van der Waals surface area contributed by atoms with Crippen LogP contribution in [0.25, 0.3) is 10.4 Å². The molecule has 1 fully saturated rings. The minimum absolute atomic E-state index is 0.183. The van der Waals surface area contributed by atoms with Gasteiger partial charge in [0.1, 0.15) is 5.54 Å². The molecule has 0 aliphatic heterocycles. The molecule has 0 saturated heterocycles. The van der Waals surface area contributed by atoms with Gasteiger partial charge in [0.15, 0.2) is 0 Å². The minimum atomic E-state index is -1.31. The van der Waals surface area contributed by atoms with Crippen LogP contribution in [0.5, 0.6) is 0 Å². The first kappa shape index (κ1) is 19.2. The Labute approximate surface area is 168 Å². The van der Waals surface area contributed by atoms with E-state index in [0.717, 1.165) is 17.7 Å². The highest BCUT2D eigenvalue weighted by Crippen LogP contribution is 2.52. The number of benzene rings is 1. The standard InChI is InChI=1S/C22H25NO4S/c1-4-27-17-12-22(20(25)26,21(17,2)3)23-19(24)16-11-14-10-9-13-7-5-6-8-15(13)18(14)28-16/h5-8,11,17H,4,9-10,12H2,1-3H3,(H,23,24)(H,25,26). The van der Waals surface area contributed by atoms with Gasteiger partial charge in [0, 0.05) is 23.3 Å². The summed E-state index contributed by atoms with van der Waals surface area (Å²) in [5.74, 6) is -1.32. The van der Waals surface area contributed by atoms with Crippen LogP contribution in [0, 0.1) is 5.41 Å². The Morgan fingerprint density at radius 3 is 2.64 bits per heavy atom. The maximum absolute atomic E-state index is 13.0. The van der Waals surface area contributed by atoms with Crippen LogP contribution in [0.3, 0.4) is 0 Å². The maximum atomic E-state index is 13.0. The van der Waals surface area contributed by atoms with Crippen molar-refractivity contribution in [2.24, 2.45) is 5.41 Å². The van der Waals surface area contributed by atoms with Crippen molar-refractivity contribution in [1.82, 2.24) is 5.32 Å². The molecule has 0 bridgehead atoms. The van der Waals surface area contributed by atoms with Crippen LogP contribution in [0.2, 0.25) is 0 Å². The SMILES string of the molecule is CCOC1CC(NC(=O)c2cc3c(s2)-c2ccccc2CC3)(C(=O)O)C1(C)C. The lowest BCUT2D eigenvalue weighted by atomic mass is 9.54. The zero-order valence-corrected chi connectivity index (χ0v) is 17.2. The summed E-state index contributed by atoms with van der Waals surface area (Å²) in [4.78, 5) is 26.9. The van der Waals surface area contributed by atoms with Crippen LogP contribution >= 0.6 is 11.3 Å². The van der Waals surface area contributed by atoms with E-state index in [0.29, 0.717) is 11.5 Å². The van der Waals surface area contributed by atoms with Crippen molar-refractivity contribution in [2.45, 2.75) is 51.7 Å². The summed E-state index contributed by atoms with van der Waals surface area (Å²) in [5, 5.41) is 12.8. The van der Waals surface area contributed by atoms with Crippen molar-refractivity contribution in [3.05, 3.63) is 46.3 Å². The molecule has 0 radical (unpaired) electrons. The smallest absolute Gasteiger partial charge is 0.330 e. The van der Waals surface area contributed by atoms with E-state index in [9.17, 15) is 14.7 Å². The maximum Gasteiger partial charge on any atom is 0.330 e. The zero-order chi connectivity index (χ0) is 20.1. The average molecular weight is 400 g/mol. The molecule has 6 heteroatoms. The quantitative estimate of drug-likeness (QED) is 0.800. The monoisotopic (exact) mass is 399 g/mol. The van der Waals surface area contributed by atoms with Gasteiger partial charge in [-0.05, 0) is 42.5 Å². The highest BCUT2D eigenvalue weighted by molar-refractivity contribution is 7.17. The fourth-order valence-electron chi connectivity index (χ4n) is 4.48. The molecular formula is C22H25NO4S. The number of hydrogen-bond donors (Lipinski definition) is 2. The molecule has 5 nitrogen and oxygen atoms in total. The first-order valence-corrected chi connectivity index (χ1v) is 10.5. The van der Waals surface area contributed by atoms with Crippen LogP contribution in [0.1, 0.15) is 48.0 Å². The van der Waals surface area contributed by atoms with E-state index in [-0.39, 0.29) is 18.4 Å². The van der Waals surface area contributed by atoms with Crippen LogP contribution < -0.4 is 5.32 Å². The predicted octanol–water partition coefficient (Wildman–Crippen LogP) is 3.90. The van der Waals surface area contributed by atoms with Gasteiger partial charge in [-0.25, -0.2) is 4.79 Å². The minimum Gasteiger partial charge on any atom is -0.479 e. The molecule has 148 valence electrons. The zero-order valence-electron chi connectivity index (χ0n) is 16.4. The highest BCUT2D eigenvalue weighted by atomic mass is 32.1. The van der Waals surface area contributed by atoms with Gasteiger partial charge in [-0.3, -0.25) is 4.79 Å². The van der Waals surface area contributed by atoms with E-state index in [2.05, 4.69) is 17.4 Å². The molecule has 1 aromatic heterocycles. The topological polar surface area (TPSA) is 75.6 Å². The van der Waals surface area contributed by atoms with Crippen molar-refractivity contribution in [1.29, 1.82) is 0 Å². The summed E-state index contributed by atoms with van der Waals surface area (Å²) < 4.78 is 5.68. The van der Waals surface area contributed by atoms with E-state index >= 15 is 0 Å². The molecule has 1 amide bonds. The Balaban J connectivity index is 1.61. The highest BCUT2D eigenvalue weighted by Gasteiger charge is 2.66. The Morgan fingerprint density at radius 1 is 1.25 bits per heavy atom. The largest absolute Gasteiger partial charge is 0.479 e. The van der Waals surface area contributed by atoms with E-state index in [4.69, 9.17) is 4.74 Å². The summed E-state index contributed by atoms with van der Waals surface area (Å²) in [6, 6.07) is 10.2. The number of nitrogens with one attached hydrogen (secondary N) is 1. The number of thiophene rings is 1. The molecule has 2 N–H and O–H groups in total. The summed E-state index contributed by atoms with van der Waals surface area (Å²) >= 11 is 1.45. The Bertz CT molecular complexity index is 948. The first-order chi connectivity index (χ1) is 13.3. The number of ether oxygens (including phenoxy) is 1. The van der Waals surface area contributed by atoms with Crippen molar-refractivity contribution < 1.29 is 19.4 Å². The average Bonchev–Trinajstić information content (AvgIpc) is 3.11. The van der Waals surface area contributed by atoms with Gasteiger partial charge in [-0.2, -0.15) is 0 Å². The normalized spacial score (nSPS) is 24.6. The third-order valence-corrected chi connectivity index (χ3v) is 7.62. The molecule has 0 spiro atoms. The van der Waals surface area contributed by atoms with E-state index < -0.39 is 16.9 Å². The van der Waals surface area contributed by atoms with Gasteiger partial charge in [0.05, 0.1) is 11.0 Å². The second-order valence-corrected chi connectivity index (χ2v) is 9.21. The second kappa shape index (κ2) is 6.71. The molecule has 2 aliphatic carbocycles. The van der Waals surface area contributed by atoms with Crippen molar-refractivity contribution in [3.8, 4) is 10.4 Å². The molecule has 1 saturated carbocycles. The van der Waals surface area contributed by atoms with Crippen LogP contribution in [0.4, 0.5) is 0 Å². The third kappa shape index (κ3) is 2.70. The van der Waals surface area contributed by atoms with E-state index in [1.165, 1.54) is 28.0 Å².